The molecule has 0 spiro atoms. The third-order valence-corrected chi connectivity index (χ3v) is 3.71. The first-order chi connectivity index (χ1) is 9.66. The summed E-state index contributed by atoms with van der Waals surface area (Å²) in [5.41, 5.74) is 1.52. The van der Waals surface area contributed by atoms with Gasteiger partial charge in [-0.15, -0.1) is 0 Å². The van der Waals surface area contributed by atoms with Crippen molar-refractivity contribution in [2.75, 3.05) is 11.4 Å². The molecule has 3 heterocycles. The van der Waals surface area contributed by atoms with Crippen LogP contribution >= 0.6 is 0 Å². The standard InChI is InChI=1S/C15H17FN4/c1-10-14(16)15(19-11(2)18-10)20-8-4-6-13(20)12-5-3-7-17-9-12/h3,5,7,9,13H,4,6,8H2,1-2H3/t13-/m0/s1. The molecular weight excluding hydrogens is 255 g/mol. The first kappa shape index (κ1) is 13.0. The van der Waals surface area contributed by atoms with Crippen LogP contribution in [0.1, 0.15) is 36.0 Å². The minimum atomic E-state index is -0.314. The van der Waals surface area contributed by atoms with E-state index in [-0.39, 0.29) is 11.9 Å². The third-order valence-electron chi connectivity index (χ3n) is 3.71. The molecule has 104 valence electrons. The summed E-state index contributed by atoms with van der Waals surface area (Å²) in [4.78, 5) is 14.6. The fraction of sp³-hybridized carbons (Fsp3) is 0.400. The summed E-state index contributed by atoms with van der Waals surface area (Å²) >= 11 is 0. The lowest BCUT2D eigenvalue weighted by Crippen LogP contribution is -2.25. The molecule has 0 aromatic carbocycles. The molecule has 1 fully saturated rings. The van der Waals surface area contributed by atoms with Gasteiger partial charge in [0.05, 0.1) is 11.7 Å². The van der Waals surface area contributed by atoms with E-state index in [0.717, 1.165) is 24.9 Å². The lowest BCUT2D eigenvalue weighted by atomic mass is 10.1. The summed E-state index contributed by atoms with van der Waals surface area (Å²) < 4.78 is 14.3. The van der Waals surface area contributed by atoms with E-state index < -0.39 is 0 Å². The van der Waals surface area contributed by atoms with Crippen LogP contribution in [-0.2, 0) is 0 Å². The first-order valence-corrected chi connectivity index (χ1v) is 6.84. The molecule has 0 bridgehead atoms. The molecule has 2 aromatic rings. The van der Waals surface area contributed by atoms with Crippen LogP contribution in [0.5, 0.6) is 0 Å². The van der Waals surface area contributed by atoms with Crippen molar-refractivity contribution in [2.24, 2.45) is 0 Å². The predicted molar refractivity (Wildman–Crippen MR) is 75.0 cm³/mol. The molecule has 3 rings (SSSR count). The van der Waals surface area contributed by atoms with Crippen molar-refractivity contribution < 1.29 is 4.39 Å². The van der Waals surface area contributed by atoms with Gasteiger partial charge in [0.1, 0.15) is 5.82 Å². The number of pyridine rings is 1. The molecule has 0 unspecified atom stereocenters. The Bertz CT molecular complexity index is 615. The summed E-state index contributed by atoms with van der Waals surface area (Å²) in [6.45, 7) is 4.29. The van der Waals surface area contributed by atoms with Gasteiger partial charge in [0.25, 0.3) is 0 Å². The Morgan fingerprint density at radius 2 is 2.15 bits per heavy atom. The van der Waals surface area contributed by atoms with Gasteiger partial charge in [0.15, 0.2) is 11.6 Å². The minimum Gasteiger partial charge on any atom is -0.347 e. The van der Waals surface area contributed by atoms with E-state index in [4.69, 9.17) is 0 Å². The van der Waals surface area contributed by atoms with Crippen molar-refractivity contribution >= 4 is 5.82 Å². The Hall–Kier alpha value is -2.04. The van der Waals surface area contributed by atoms with Crippen LogP contribution in [-0.4, -0.2) is 21.5 Å². The van der Waals surface area contributed by atoms with E-state index in [0.29, 0.717) is 17.3 Å². The zero-order valence-electron chi connectivity index (χ0n) is 11.7. The maximum Gasteiger partial charge on any atom is 0.186 e. The van der Waals surface area contributed by atoms with Crippen LogP contribution in [0.4, 0.5) is 10.2 Å². The number of aromatic nitrogens is 3. The fourth-order valence-electron chi connectivity index (χ4n) is 2.81. The quantitative estimate of drug-likeness (QED) is 0.843. The normalized spacial score (nSPS) is 18.6. The highest BCUT2D eigenvalue weighted by Crippen LogP contribution is 2.36. The molecule has 1 saturated heterocycles. The van der Waals surface area contributed by atoms with Crippen molar-refractivity contribution in [3.63, 3.8) is 0 Å². The fourth-order valence-corrected chi connectivity index (χ4v) is 2.81. The molecule has 0 saturated carbocycles. The van der Waals surface area contributed by atoms with Gasteiger partial charge in [-0.05, 0) is 38.3 Å². The summed E-state index contributed by atoms with van der Waals surface area (Å²) in [5.74, 6) is 0.712. The second-order valence-corrected chi connectivity index (χ2v) is 5.13. The second kappa shape index (κ2) is 5.15. The average Bonchev–Trinajstić information content (AvgIpc) is 2.93. The lowest BCUT2D eigenvalue weighted by molar-refractivity contribution is 0.581. The van der Waals surface area contributed by atoms with E-state index in [1.165, 1.54) is 0 Å². The molecule has 5 heteroatoms. The molecule has 4 nitrogen and oxygen atoms in total. The highest BCUT2D eigenvalue weighted by atomic mass is 19.1. The van der Waals surface area contributed by atoms with Crippen molar-refractivity contribution in [1.29, 1.82) is 0 Å². The molecule has 0 aliphatic carbocycles. The van der Waals surface area contributed by atoms with Crippen LogP contribution in [0.3, 0.4) is 0 Å². The number of nitrogens with zero attached hydrogens (tertiary/aromatic N) is 4. The summed E-state index contributed by atoms with van der Waals surface area (Å²) in [7, 11) is 0. The number of halogens is 1. The summed E-state index contributed by atoms with van der Waals surface area (Å²) in [6.07, 6.45) is 5.62. The van der Waals surface area contributed by atoms with Gasteiger partial charge in [-0.3, -0.25) is 4.98 Å². The van der Waals surface area contributed by atoms with Gasteiger partial charge in [-0.25, -0.2) is 14.4 Å². The Balaban J connectivity index is 2.01. The zero-order chi connectivity index (χ0) is 14.1. The van der Waals surface area contributed by atoms with Crippen molar-refractivity contribution in [1.82, 2.24) is 15.0 Å². The molecule has 1 aliphatic rings. The first-order valence-electron chi connectivity index (χ1n) is 6.84. The SMILES string of the molecule is Cc1nc(C)c(F)c(N2CCC[C@H]2c2cccnc2)n1. The van der Waals surface area contributed by atoms with Gasteiger partial charge >= 0.3 is 0 Å². The molecule has 1 atom stereocenters. The van der Waals surface area contributed by atoms with Gasteiger partial charge in [-0.2, -0.15) is 0 Å². The van der Waals surface area contributed by atoms with Crippen LogP contribution < -0.4 is 4.90 Å². The average molecular weight is 272 g/mol. The van der Waals surface area contributed by atoms with Crippen LogP contribution in [0.25, 0.3) is 0 Å². The largest absolute Gasteiger partial charge is 0.347 e. The van der Waals surface area contributed by atoms with Crippen LogP contribution in [0, 0.1) is 19.7 Å². The maximum absolute atomic E-state index is 14.3. The Morgan fingerprint density at radius 3 is 2.90 bits per heavy atom. The van der Waals surface area contributed by atoms with Crippen LogP contribution in [0.15, 0.2) is 24.5 Å². The number of rotatable bonds is 2. The molecule has 2 aromatic heterocycles. The minimum absolute atomic E-state index is 0.145. The predicted octanol–water partition coefficient (Wildman–Crippen LogP) is 2.97. The van der Waals surface area contributed by atoms with Gasteiger partial charge in [0.2, 0.25) is 0 Å². The van der Waals surface area contributed by atoms with E-state index in [1.54, 1.807) is 20.0 Å². The third kappa shape index (κ3) is 2.24. The highest BCUT2D eigenvalue weighted by Gasteiger charge is 2.30. The lowest BCUT2D eigenvalue weighted by Gasteiger charge is -2.26. The van der Waals surface area contributed by atoms with Gasteiger partial charge < -0.3 is 4.90 Å². The smallest absolute Gasteiger partial charge is 0.186 e. The Labute approximate surface area is 117 Å². The number of anilines is 1. The van der Waals surface area contributed by atoms with Crippen molar-refractivity contribution in [3.8, 4) is 0 Å². The maximum atomic E-state index is 14.3. The summed E-state index contributed by atoms with van der Waals surface area (Å²) in [6, 6.07) is 4.10. The molecule has 1 aliphatic heterocycles. The van der Waals surface area contributed by atoms with E-state index in [2.05, 4.69) is 15.0 Å². The van der Waals surface area contributed by atoms with E-state index in [9.17, 15) is 4.39 Å². The van der Waals surface area contributed by atoms with Gasteiger partial charge in [0, 0.05) is 18.9 Å². The number of hydrogen-bond donors (Lipinski definition) is 0. The van der Waals surface area contributed by atoms with E-state index >= 15 is 0 Å². The molecule has 0 radical (unpaired) electrons. The summed E-state index contributed by atoms with van der Waals surface area (Å²) in [5, 5.41) is 0. The van der Waals surface area contributed by atoms with Crippen LogP contribution in [0.2, 0.25) is 0 Å². The van der Waals surface area contributed by atoms with Gasteiger partial charge in [-0.1, -0.05) is 6.07 Å². The molecule has 20 heavy (non-hydrogen) atoms. The Kier molecular flexibility index (Phi) is 3.34. The number of aryl methyl sites for hydroxylation is 2. The number of hydrogen-bond acceptors (Lipinski definition) is 4. The second-order valence-electron chi connectivity index (χ2n) is 5.13. The zero-order valence-corrected chi connectivity index (χ0v) is 11.7. The van der Waals surface area contributed by atoms with E-state index in [1.807, 2.05) is 23.2 Å². The Morgan fingerprint density at radius 1 is 1.30 bits per heavy atom. The van der Waals surface area contributed by atoms with Crippen molar-refractivity contribution in [2.45, 2.75) is 32.7 Å². The topological polar surface area (TPSA) is 41.9 Å². The highest BCUT2D eigenvalue weighted by molar-refractivity contribution is 5.46. The van der Waals surface area contributed by atoms with Crippen molar-refractivity contribution in [3.05, 3.63) is 47.4 Å². The molecular formula is C15H17FN4. The molecule has 0 N–H and O–H groups in total. The molecule has 0 amide bonds. The monoisotopic (exact) mass is 272 g/mol.